The summed E-state index contributed by atoms with van der Waals surface area (Å²) in [5.41, 5.74) is 3.04. The van der Waals surface area contributed by atoms with Crippen LogP contribution in [0.1, 0.15) is 16.9 Å². The Morgan fingerprint density at radius 1 is 1.18 bits per heavy atom. The zero-order chi connectivity index (χ0) is 23.7. The number of furan rings is 1. The summed E-state index contributed by atoms with van der Waals surface area (Å²) in [4.78, 5) is 28.9. The first-order chi connectivity index (χ1) is 16.5. The highest BCUT2D eigenvalue weighted by atomic mass is 35.5. The Kier molecular flexibility index (Phi) is 6.26. The van der Waals surface area contributed by atoms with Gasteiger partial charge in [0.2, 0.25) is 5.91 Å². The Balaban J connectivity index is 1.39. The fourth-order valence-corrected chi connectivity index (χ4v) is 5.12. The van der Waals surface area contributed by atoms with E-state index in [0.29, 0.717) is 23.7 Å². The van der Waals surface area contributed by atoms with Gasteiger partial charge in [0.25, 0.3) is 5.69 Å². The summed E-state index contributed by atoms with van der Waals surface area (Å²) >= 11 is 6.03. The molecule has 2 atom stereocenters. The van der Waals surface area contributed by atoms with Crippen LogP contribution in [-0.2, 0) is 24.3 Å². The third kappa shape index (κ3) is 4.64. The molecule has 34 heavy (non-hydrogen) atoms. The Morgan fingerprint density at radius 2 is 2.00 bits per heavy atom. The van der Waals surface area contributed by atoms with Crippen LogP contribution in [0.2, 0.25) is 5.02 Å². The van der Waals surface area contributed by atoms with Gasteiger partial charge in [-0.05, 0) is 47.9 Å². The number of non-ortho nitro benzene ring substituents is 1. The fraction of sp³-hybridized carbons (Fsp3) is 0.320. The van der Waals surface area contributed by atoms with E-state index >= 15 is 0 Å². The number of nitro benzene ring substituents is 1. The van der Waals surface area contributed by atoms with Crippen LogP contribution in [-0.4, -0.2) is 41.4 Å². The number of piperazine rings is 1. The first-order valence-electron chi connectivity index (χ1n) is 11.3. The van der Waals surface area contributed by atoms with Crippen LogP contribution in [0.15, 0.2) is 65.3 Å². The van der Waals surface area contributed by atoms with Gasteiger partial charge in [0, 0.05) is 49.0 Å². The topological polar surface area (TPSA) is 91.9 Å². The Hall–Kier alpha value is -3.36. The third-order valence-corrected chi connectivity index (χ3v) is 6.92. The summed E-state index contributed by atoms with van der Waals surface area (Å²) in [6, 6.07) is 16.4. The van der Waals surface area contributed by atoms with E-state index in [4.69, 9.17) is 16.0 Å². The lowest BCUT2D eigenvalue weighted by atomic mass is 9.83. The van der Waals surface area contributed by atoms with Gasteiger partial charge in [-0.25, -0.2) is 0 Å². The molecule has 1 N–H and O–H groups in total. The second-order valence-corrected chi connectivity index (χ2v) is 9.24. The van der Waals surface area contributed by atoms with E-state index in [1.807, 2.05) is 36.4 Å². The van der Waals surface area contributed by atoms with Crippen molar-refractivity contribution < 1.29 is 14.1 Å². The van der Waals surface area contributed by atoms with Crippen molar-refractivity contribution in [3.8, 4) is 0 Å². The number of nitrogens with one attached hydrogen (secondary N) is 1. The minimum atomic E-state index is -0.386. The molecule has 1 fully saturated rings. The van der Waals surface area contributed by atoms with Crippen LogP contribution >= 0.6 is 11.6 Å². The number of halogens is 1. The normalized spacial score (nSPS) is 19.9. The number of fused-ring (bicyclic) bond motifs is 3. The van der Waals surface area contributed by atoms with Crippen molar-refractivity contribution in [1.82, 2.24) is 10.2 Å². The SMILES string of the molecule is O=C(NCc1ccco1)[C@@H]1Cc2cc([N+](=O)[O-])ccc2N2CCN(Cc3ccc(Cl)cc3)C[C@@H]12. The number of carbonyl (C=O) groups is 1. The molecule has 0 saturated carbocycles. The first-order valence-corrected chi connectivity index (χ1v) is 11.7. The van der Waals surface area contributed by atoms with E-state index < -0.39 is 0 Å². The second-order valence-electron chi connectivity index (χ2n) is 8.80. The predicted molar refractivity (Wildman–Crippen MR) is 129 cm³/mol. The Bertz CT molecular complexity index is 1180. The molecule has 2 aromatic carbocycles. The zero-order valence-electron chi connectivity index (χ0n) is 18.5. The summed E-state index contributed by atoms with van der Waals surface area (Å²) < 4.78 is 5.35. The maximum atomic E-state index is 13.3. The van der Waals surface area contributed by atoms with Crippen LogP contribution in [0, 0.1) is 16.0 Å². The van der Waals surface area contributed by atoms with Gasteiger partial charge in [-0.3, -0.25) is 19.8 Å². The maximum Gasteiger partial charge on any atom is 0.269 e. The molecule has 0 radical (unpaired) electrons. The number of hydrogen-bond donors (Lipinski definition) is 1. The smallest absolute Gasteiger partial charge is 0.269 e. The summed E-state index contributed by atoms with van der Waals surface area (Å²) in [6.45, 7) is 3.37. The molecule has 0 aliphatic carbocycles. The lowest BCUT2D eigenvalue weighted by Gasteiger charge is -2.49. The van der Waals surface area contributed by atoms with E-state index in [1.54, 1.807) is 24.5 Å². The number of nitro groups is 1. The van der Waals surface area contributed by atoms with Crippen molar-refractivity contribution in [2.75, 3.05) is 24.5 Å². The highest BCUT2D eigenvalue weighted by molar-refractivity contribution is 6.30. The number of carbonyl (C=O) groups excluding carboxylic acids is 1. The zero-order valence-corrected chi connectivity index (χ0v) is 19.3. The molecule has 3 heterocycles. The molecule has 0 unspecified atom stereocenters. The minimum Gasteiger partial charge on any atom is -0.467 e. The predicted octanol–water partition coefficient (Wildman–Crippen LogP) is 4.02. The molecule has 1 aromatic heterocycles. The standard InChI is InChI=1S/C25H25ClN4O4/c26-19-5-3-17(4-6-19)15-28-9-10-29-23-8-7-20(30(32)33)12-18(23)13-22(24(29)16-28)25(31)27-14-21-2-1-11-34-21/h1-8,11-12,22,24H,9-10,13-16H2,(H,27,31)/t22-,24+/m1/s1. The van der Waals surface area contributed by atoms with Crippen molar-refractivity contribution >= 4 is 28.9 Å². The van der Waals surface area contributed by atoms with Crippen LogP contribution in [0.25, 0.3) is 0 Å². The summed E-state index contributed by atoms with van der Waals surface area (Å²) in [5.74, 6) is 0.277. The van der Waals surface area contributed by atoms with Crippen LogP contribution in [0.3, 0.4) is 0 Å². The Labute approximate surface area is 202 Å². The average molecular weight is 481 g/mol. The average Bonchev–Trinajstić information content (AvgIpc) is 3.36. The molecule has 5 rings (SSSR count). The second kappa shape index (κ2) is 9.48. The lowest BCUT2D eigenvalue weighted by molar-refractivity contribution is -0.384. The van der Waals surface area contributed by atoms with E-state index in [2.05, 4.69) is 15.1 Å². The molecule has 1 saturated heterocycles. The number of nitrogens with zero attached hydrogens (tertiary/aromatic N) is 3. The quantitative estimate of drug-likeness (QED) is 0.423. The molecule has 176 valence electrons. The molecule has 3 aromatic rings. The summed E-state index contributed by atoms with van der Waals surface area (Å²) in [6.07, 6.45) is 2.03. The monoisotopic (exact) mass is 480 g/mol. The molecule has 0 bridgehead atoms. The van der Waals surface area contributed by atoms with Gasteiger partial charge in [-0.15, -0.1) is 0 Å². The molecule has 2 aliphatic heterocycles. The number of anilines is 1. The van der Waals surface area contributed by atoms with Gasteiger partial charge in [0.15, 0.2) is 0 Å². The third-order valence-electron chi connectivity index (χ3n) is 6.66. The van der Waals surface area contributed by atoms with Gasteiger partial charge in [-0.1, -0.05) is 23.7 Å². The minimum absolute atomic E-state index is 0.0355. The van der Waals surface area contributed by atoms with Gasteiger partial charge < -0.3 is 14.6 Å². The van der Waals surface area contributed by atoms with Crippen LogP contribution < -0.4 is 10.2 Å². The summed E-state index contributed by atoms with van der Waals surface area (Å²) in [5, 5.41) is 15.1. The maximum absolute atomic E-state index is 13.3. The fourth-order valence-electron chi connectivity index (χ4n) is 4.99. The van der Waals surface area contributed by atoms with Gasteiger partial charge in [-0.2, -0.15) is 0 Å². The van der Waals surface area contributed by atoms with Crippen molar-refractivity contribution in [2.45, 2.75) is 25.6 Å². The highest BCUT2D eigenvalue weighted by Crippen LogP contribution is 2.38. The molecule has 0 spiro atoms. The van der Waals surface area contributed by atoms with Gasteiger partial charge in [0.1, 0.15) is 5.76 Å². The van der Waals surface area contributed by atoms with Gasteiger partial charge in [0.05, 0.1) is 29.7 Å². The van der Waals surface area contributed by atoms with E-state index in [9.17, 15) is 14.9 Å². The van der Waals surface area contributed by atoms with Crippen molar-refractivity contribution in [1.29, 1.82) is 0 Å². The Morgan fingerprint density at radius 3 is 2.74 bits per heavy atom. The van der Waals surface area contributed by atoms with E-state index in [-0.39, 0.29) is 28.5 Å². The highest BCUT2D eigenvalue weighted by Gasteiger charge is 2.42. The largest absolute Gasteiger partial charge is 0.467 e. The van der Waals surface area contributed by atoms with Crippen molar-refractivity contribution in [3.63, 3.8) is 0 Å². The number of amides is 1. The molecule has 8 nitrogen and oxygen atoms in total. The molecule has 1 amide bonds. The number of benzene rings is 2. The van der Waals surface area contributed by atoms with Crippen molar-refractivity contribution in [3.05, 3.63) is 92.9 Å². The summed E-state index contributed by atoms with van der Waals surface area (Å²) in [7, 11) is 0. The number of hydrogen-bond acceptors (Lipinski definition) is 6. The molecular weight excluding hydrogens is 456 g/mol. The van der Waals surface area contributed by atoms with Crippen LogP contribution in [0.4, 0.5) is 11.4 Å². The van der Waals surface area contributed by atoms with E-state index in [1.165, 1.54) is 5.56 Å². The molecule has 9 heteroatoms. The van der Waals surface area contributed by atoms with Crippen LogP contribution in [0.5, 0.6) is 0 Å². The molecular formula is C25H25ClN4O4. The van der Waals surface area contributed by atoms with E-state index in [0.717, 1.165) is 37.4 Å². The van der Waals surface area contributed by atoms with Gasteiger partial charge >= 0.3 is 0 Å². The van der Waals surface area contributed by atoms with Crippen molar-refractivity contribution in [2.24, 2.45) is 5.92 Å². The lowest BCUT2D eigenvalue weighted by Crippen LogP contribution is -2.60. The first kappa shape index (κ1) is 22.4. The number of rotatable bonds is 6. The molecule has 2 aliphatic rings.